The molecule has 1 aliphatic heterocycles. The van der Waals surface area contributed by atoms with E-state index in [4.69, 9.17) is 0 Å². The van der Waals surface area contributed by atoms with Crippen molar-refractivity contribution in [2.24, 2.45) is 17.3 Å². The maximum Gasteiger partial charge on any atom is 0.315 e. The number of rotatable bonds is 6. The Morgan fingerprint density at radius 1 is 1.33 bits per heavy atom. The Morgan fingerprint density at radius 3 is 2.48 bits per heavy atom. The lowest BCUT2D eigenvalue weighted by Crippen LogP contribution is -2.50. The first kappa shape index (κ1) is 16.6. The van der Waals surface area contributed by atoms with Crippen molar-refractivity contribution in [3.63, 3.8) is 0 Å². The number of hydrogen-bond donors (Lipinski definition) is 3. The molecule has 0 radical (unpaired) electrons. The lowest BCUT2D eigenvalue weighted by molar-refractivity contribution is 0.131. The topological polar surface area (TPSA) is 64.6 Å². The predicted molar refractivity (Wildman–Crippen MR) is 84.1 cm³/mol. The van der Waals surface area contributed by atoms with Crippen LogP contribution in [-0.4, -0.2) is 54.9 Å². The second-order valence-corrected chi connectivity index (χ2v) is 7.55. The Balaban J connectivity index is 1.66. The summed E-state index contributed by atoms with van der Waals surface area (Å²) >= 11 is 0. The molecule has 1 heterocycles. The minimum Gasteiger partial charge on any atom is -0.396 e. The first-order valence-corrected chi connectivity index (χ1v) is 8.30. The van der Waals surface area contributed by atoms with Gasteiger partial charge in [0.1, 0.15) is 0 Å². The zero-order valence-electron chi connectivity index (χ0n) is 13.7. The van der Waals surface area contributed by atoms with Gasteiger partial charge in [0.2, 0.25) is 0 Å². The van der Waals surface area contributed by atoms with Gasteiger partial charge in [0.25, 0.3) is 0 Å². The van der Waals surface area contributed by atoms with E-state index in [-0.39, 0.29) is 24.1 Å². The van der Waals surface area contributed by atoms with E-state index in [1.54, 1.807) is 0 Å². The molecule has 1 saturated heterocycles. The molecule has 0 aromatic heterocycles. The molecule has 0 bridgehead atoms. The highest BCUT2D eigenvalue weighted by molar-refractivity contribution is 5.74. The number of carbonyl (C=O) groups is 1. The summed E-state index contributed by atoms with van der Waals surface area (Å²) < 4.78 is 0. The van der Waals surface area contributed by atoms with Crippen LogP contribution >= 0.6 is 0 Å². The zero-order valence-corrected chi connectivity index (χ0v) is 13.7. The van der Waals surface area contributed by atoms with Crippen LogP contribution in [-0.2, 0) is 0 Å². The Bertz CT molecular complexity index is 347. The smallest absolute Gasteiger partial charge is 0.315 e. The molecule has 1 saturated carbocycles. The van der Waals surface area contributed by atoms with E-state index in [0.29, 0.717) is 6.54 Å². The van der Waals surface area contributed by atoms with Crippen LogP contribution in [0, 0.1) is 17.3 Å². The summed E-state index contributed by atoms with van der Waals surface area (Å²) in [5, 5.41) is 15.1. The Kier molecular flexibility index (Phi) is 5.49. The largest absolute Gasteiger partial charge is 0.396 e. The van der Waals surface area contributed by atoms with Gasteiger partial charge in [-0.05, 0) is 38.0 Å². The highest BCUT2D eigenvalue weighted by atomic mass is 16.3. The zero-order chi connectivity index (χ0) is 15.5. The lowest BCUT2D eigenvalue weighted by atomic mass is 9.92. The van der Waals surface area contributed by atoms with Gasteiger partial charge >= 0.3 is 6.03 Å². The van der Waals surface area contributed by atoms with Crippen molar-refractivity contribution < 1.29 is 9.90 Å². The van der Waals surface area contributed by atoms with Gasteiger partial charge in [0, 0.05) is 37.6 Å². The van der Waals surface area contributed by atoms with Crippen LogP contribution in [0.25, 0.3) is 0 Å². The summed E-state index contributed by atoms with van der Waals surface area (Å²) in [4.78, 5) is 14.4. The van der Waals surface area contributed by atoms with E-state index in [1.165, 1.54) is 6.42 Å². The molecule has 2 amide bonds. The third-order valence-electron chi connectivity index (χ3n) is 4.77. The van der Waals surface area contributed by atoms with Crippen molar-refractivity contribution in [2.75, 3.05) is 32.8 Å². The van der Waals surface area contributed by atoms with Crippen LogP contribution in [0.5, 0.6) is 0 Å². The molecule has 0 spiro atoms. The maximum atomic E-state index is 11.9. The quantitative estimate of drug-likeness (QED) is 0.695. The van der Waals surface area contributed by atoms with Crippen LogP contribution in [0.15, 0.2) is 0 Å². The van der Waals surface area contributed by atoms with Gasteiger partial charge in [0.15, 0.2) is 0 Å². The highest BCUT2D eigenvalue weighted by Crippen LogP contribution is 2.44. The van der Waals surface area contributed by atoms with Gasteiger partial charge in [-0.2, -0.15) is 0 Å². The minimum absolute atomic E-state index is 0.0295. The molecule has 2 fully saturated rings. The van der Waals surface area contributed by atoms with Gasteiger partial charge < -0.3 is 20.6 Å². The van der Waals surface area contributed by atoms with Gasteiger partial charge in [-0.3, -0.25) is 0 Å². The summed E-state index contributed by atoms with van der Waals surface area (Å²) in [5.41, 5.74) is -0.0295. The molecule has 5 heteroatoms. The first-order chi connectivity index (χ1) is 9.92. The normalized spacial score (nSPS) is 29.7. The number of nitrogens with zero attached hydrogens (tertiary/aromatic N) is 1. The van der Waals surface area contributed by atoms with E-state index in [1.807, 2.05) is 0 Å². The fourth-order valence-corrected chi connectivity index (χ4v) is 3.48. The Hall–Kier alpha value is -0.810. The monoisotopic (exact) mass is 297 g/mol. The molecule has 0 aromatic carbocycles. The van der Waals surface area contributed by atoms with Crippen molar-refractivity contribution in [3.8, 4) is 0 Å². The summed E-state index contributed by atoms with van der Waals surface area (Å²) in [5.74, 6) is 1.49. The fraction of sp³-hybridized carbons (Fsp3) is 0.938. The van der Waals surface area contributed by atoms with Crippen LogP contribution in [0.4, 0.5) is 4.79 Å². The van der Waals surface area contributed by atoms with E-state index in [9.17, 15) is 9.90 Å². The van der Waals surface area contributed by atoms with Crippen molar-refractivity contribution in [1.29, 1.82) is 0 Å². The molecule has 2 rings (SSSR count). The number of aliphatic hydroxyl groups is 1. The van der Waals surface area contributed by atoms with Crippen LogP contribution in [0.3, 0.4) is 0 Å². The summed E-state index contributed by atoms with van der Waals surface area (Å²) in [6.45, 7) is 10.6. The number of aliphatic hydroxyl groups excluding tert-OH is 1. The third-order valence-corrected chi connectivity index (χ3v) is 4.77. The minimum atomic E-state index is -0.111. The number of amides is 2. The maximum absolute atomic E-state index is 11.9. The number of carbonyl (C=O) groups excluding carboxylic acids is 1. The third kappa shape index (κ3) is 5.15. The Labute approximate surface area is 128 Å². The van der Waals surface area contributed by atoms with Gasteiger partial charge in [-0.25, -0.2) is 4.79 Å². The molecule has 122 valence electrons. The van der Waals surface area contributed by atoms with Gasteiger partial charge in [-0.1, -0.05) is 13.8 Å². The number of urea groups is 1. The molecule has 3 unspecified atom stereocenters. The number of nitrogens with one attached hydrogen (secondary N) is 2. The second kappa shape index (κ2) is 6.97. The average Bonchev–Trinajstić information content (AvgIpc) is 3.15. The molecule has 0 aromatic rings. The van der Waals surface area contributed by atoms with Crippen LogP contribution < -0.4 is 10.6 Å². The van der Waals surface area contributed by atoms with E-state index >= 15 is 0 Å². The molecular weight excluding hydrogens is 266 g/mol. The van der Waals surface area contributed by atoms with Crippen molar-refractivity contribution in [3.05, 3.63) is 0 Å². The number of piperidine rings is 1. The average molecular weight is 297 g/mol. The molecule has 3 N–H and O–H groups in total. The Morgan fingerprint density at radius 2 is 1.95 bits per heavy atom. The molecule has 1 aliphatic carbocycles. The fourth-order valence-electron chi connectivity index (χ4n) is 3.48. The molecular formula is C16H31N3O2. The standard InChI is InChI=1S/C16H31N3O2/c1-12-6-13(2)8-19(7-12)9-14(3)18-15(21)17-10-16(11-20)4-5-16/h12-14,20H,4-11H2,1-3H3,(H2,17,18,21). The van der Waals surface area contributed by atoms with Crippen molar-refractivity contribution in [1.82, 2.24) is 15.5 Å². The first-order valence-electron chi connectivity index (χ1n) is 8.30. The number of likely N-dealkylation sites (tertiary alicyclic amines) is 1. The van der Waals surface area contributed by atoms with Gasteiger partial charge in [0.05, 0.1) is 6.61 Å². The number of hydrogen-bond acceptors (Lipinski definition) is 3. The molecule has 3 atom stereocenters. The van der Waals surface area contributed by atoms with Crippen molar-refractivity contribution >= 4 is 6.03 Å². The highest BCUT2D eigenvalue weighted by Gasteiger charge is 2.42. The van der Waals surface area contributed by atoms with Crippen LogP contribution in [0.1, 0.15) is 40.0 Å². The second-order valence-electron chi connectivity index (χ2n) is 7.55. The van der Waals surface area contributed by atoms with Crippen LogP contribution in [0.2, 0.25) is 0 Å². The molecule has 2 aliphatic rings. The molecule has 5 nitrogen and oxygen atoms in total. The molecule has 21 heavy (non-hydrogen) atoms. The van der Waals surface area contributed by atoms with E-state index < -0.39 is 0 Å². The van der Waals surface area contributed by atoms with Crippen molar-refractivity contribution in [2.45, 2.75) is 46.1 Å². The van der Waals surface area contributed by atoms with Gasteiger partial charge in [-0.15, -0.1) is 0 Å². The predicted octanol–water partition coefficient (Wildman–Crippen LogP) is 1.42. The SMILES string of the molecule is CC1CC(C)CN(CC(C)NC(=O)NCC2(CO)CC2)C1. The summed E-state index contributed by atoms with van der Waals surface area (Å²) in [7, 11) is 0. The summed E-state index contributed by atoms with van der Waals surface area (Å²) in [6, 6.07) is 0.0344. The summed E-state index contributed by atoms with van der Waals surface area (Å²) in [6.07, 6.45) is 3.34. The van der Waals surface area contributed by atoms with E-state index in [2.05, 4.69) is 36.3 Å². The van der Waals surface area contributed by atoms with E-state index in [0.717, 1.165) is 44.3 Å². The lowest BCUT2D eigenvalue weighted by Gasteiger charge is -2.36.